The topological polar surface area (TPSA) is 77.9 Å². The van der Waals surface area contributed by atoms with Gasteiger partial charge in [0.25, 0.3) is 15.9 Å². The number of nitrogens with zero attached hydrogens (tertiary/aromatic N) is 2. The van der Waals surface area contributed by atoms with Crippen LogP contribution in [0, 0.1) is 5.92 Å². The number of likely N-dealkylation sites (tertiary alicyclic amines) is 1. The van der Waals surface area contributed by atoms with Crippen molar-refractivity contribution in [1.29, 1.82) is 0 Å². The molecule has 0 spiro atoms. The van der Waals surface area contributed by atoms with Crippen LogP contribution in [0.25, 0.3) is 0 Å². The Balaban J connectivity index is 1.30. The van der Waals surface area contributed by atoms with Gasteiger partial charge in [0.15, 0.2) is 0 Å². The van der Waals surface area contributed by atoms with E-state index in [0.717, 1.165) is 29.7 Å². The molecule has 35 heavy (non-hydrogen) atoms. The molecule has 1 atom stereocenters. The second kappa shape index (κ2) is 9.84. The van der Waals surface area contributed by atoms with Gasteiger partial charge in [0.2, 0.25) is 0 Å². The van der Waals surface area contributed by atoms with E-state index in [1.165, 1.54) is 10.4 Å². The second-order valence-corrected chi connectivity index (χ2v) is 11.2. The van der Waals surface area contributed by atoms with E-state index in [-0.39, 0.29) is 16.7 Å². The van der Waals surface area contributed by atoms with E-state index < -0.39 is 16.1 Å². The lowest BCUT2D eigenvalue weighted by Gasteiger charge is -2.34. The lowest BCUT2D eigenvalue weighted by atomic mass is 9.87. The number of sulfonamides is 1. The number of amides is 1. The molecule has 0 aliphatic carbocycles. The molecule has 1 unspecified atom stereocenters. The highest BCUT2D eigenvalue weighted by atomic mass is 32.2. The molecule has 3 aromatic rings. The Labute approximate surface area is 206 Å². The summed E-state index contributed by atoms with van der Waals surface area (Å²) in [4.78, 5) is 15.1. The number of fused-ring (bicyclic) bond motifs is 1. The van der Waals surface area contributed by atoms with Gasteiger partial charge in [0.05, 0.1) is 16.7 Å². The maximum atomic E-state index is 13.5. The van der Waals surface area contributed by atoms with Gasteiger partial charge in [0.1, 0.15) is 0 Å². The molecule has 2 aliphatic heterocycles. The molecule has 2 heterocycles. The number of anilines is 1. The lowest BCUT2D eigenvalue weighted by molar-refractivity contribution is 0.0462. The summed E-state index contributed by atoms with van der Waals surface area (Å²) in [5, 5.41) is 10.7. The van der Waals surface area contributed by atoms with Gasteiger partial charge < -0.3 is 10.0 Å². The van der Waals surface area contributed by atoms with Gasteiger partial charge in [-0.15, -0.1) is 0 Å². The molecule has 0 saturated carbocycles. The van der Waals surface area contributed by atoms with Crippen LogP contribution in [0.1, 0.15) is 46.9 Å². The Morgan fingerprint density at radius 2 is 1.60 bits per heavy atom. The van der Waals surface area contributed by atoms with Crippen LogP contribution in [-0.2, 0) is 16.4 Å². The van der Waals surface area contributed by atoms with Crippen LogP contribution in [-0.4, -0.2) is 44.0 Å². The number of carbonyl (C=O) groups excluding carboxylic acids is 1. The van der Waals surface area contributed by atoms with Crippen molar-refractivity contribution in [2.45, 2.75) is 36.7 Å². The first-order valence-electron chi connectivity index (χ1n) is 12.2. The van der Waals surface area contributed by atoms with Crippen LogP contribution in [0.5, 0.6) is 0 Å². The summed E-state index contributed by atoms with van der Waals surface area (Å²) in [7, 11) is -3.78. The quantitative estimate of drug-likeness (QED) is 0.575. The van der Waals surface area contributed by atoms with Crippen molar-refractivity contribution >= 4 is 21.6 Å². The molecule has 0 radical (unpaired) electrons. The van der Waals surface area contributed by atoms with Crippen LogP contribution in [0.3, 0.4) is 0 Å². The van der Waals surface area contributed by atoms with Crippen molar-refractivity contribution in [3.8, 4) is 0 Å². The van der Waals surface area contributed by atoms with E-state index in [2.05, 4.69) is 0 Å². The SMILES string of the molecule is O=C(c1cccc(S(=O)(=O)N2CCCc3ccccc32)c1)N1CCC(C(O)c2ccccc2)CC1. The van der Waals surface area contributed by atoms with Gasteiger partial charge in [-0.1, -0.05) is 54.6 Å². The average Bonchev–Trinajstić information content (AvgIpc) is 2.92. The lowest BCUT2D eigenvalue weighted by Crippen LogP contribution is -2.40. The first-order chi connectivity index (χ1) is 16.9. The summed E-state index contributed by atoms with van der Waals surface area (Å²) in [5.74, 6) is -0.0823. The fourth-order valence-electron chi connectivity index (χ4n) is 5.19. The fourth-order valence-corrected chi connectivity index (χ4v) is 6.78. The minimum absolute atomic E-state index is 0.0901. The van der Waals surface area contributed by atoms with E-state index >= 15 is 0 Å². The Kier molecular flexibility index (Phi) is 6.62. The number of aliphatic hydroxyl groups excluding tert-OH is 1. The standard InChI is InChI=1S/C28H30N2O4S/c31-27(22-9-2-1-3-10-22)23-15-18-29(19-16-23)28(32)24-11-6-13-25(20-24)35(33,34)30-17-7-12-21-8-4-5-14-26(21)30/h1-6,8-11,13-14,20,23,27,31H,7,12,15-19H2. The summed E-state index contributed by atoms with van der Waals surface area (Å²) in [5.41, 5.74) is 3.01. The van der Waals surface area contributed by atoms with Crippen LogP contribution in [0.15, 0.2) is 83.8 Å². The molecule has 1 N–H and O–H groups in total. The van der Waals surface area contributed by atoms with E-state index in [4.69, 9.17) is 0 Å². The molecule has 182 valence electrons. The molecule has 1 saturated heterocycles. The number of hydrogen-bond donors (Lipinski definition) is 1. The first kappa shape index (κ1) is 23.6. The predicted molar refractivity (Wildman–Crippen MR) is 136 cm³/mol. The molecule has 5 rings (SSSR count). The number of aliphatic hydroxyl groups is 1. The van der Waals surface area contributed by atoms with Crippen molar-refractivity contribution in [3.05, 3.63) is 95.6 Å². The number of piperidine rings is 1. The van der Waals surface area contributed by atoms with E-state index in [1.807, 2.05) is 54.6 Å². The maximum Gasteiger partial charge on any atom is 0.264 e. The van der Waals surface area contributed by atoms with Gasteiger partial charge in [0, 0.05) is 25.2 Å². The molecule has 6 nitrogen and oxygen atoms in total. The minimum Gasteiger partial charge on any atom is -0.388 e. The zero-order valence-corrected chi connectivity index (χ0v) is 20.4. The third-order valence-electron chi connectivity index (χ3n) is 7.15. The number of benzene rings is 3. The normalized spacial score (nSPS) is 17.6. The molecule has 0 bridgehead atoms. The summed E-state index contributed by atoms with van der Waals surface area (Å²) < 4.78 is 28.5. The van der Waals surface area contributed by atoms with Gasteiger partial charge in [-0.3, -0.25) is 9.10 Å². The van der Waals surface area contributed by atoms with Crippen molar-refractivity contribution in [3.63, 3.8) is 0 Å². The average molecular weight is 491 g/mol. The van der Waals surface area contributed by atoms with Crippen molar-refractivity contribution in [1.82, 2.24) is 4.90 Å². The summed E-state index contributed by atoms with van der Waals surface area (Å²) >= 11 is 0. The predicted octanol–water partition coefficient (Wildman–Crippen LogP) is 4.41. The fraction of sp³-hybridized carbons (Fsp3) is 0.321. The summed E-state index contributed by atoms with van der Waals surface area (Å²) in [6, 6.07) is 23.6. The molecule has 1 amide bonds. The van der Waals surface area contributed by atoms with Gasteiger partial charge in [-0.2, -0.15) is 0 Å². The highest BCUT2D eigenvalue weighted by Gasteiger charge is 2.31. The maximum absolute atomic E-state index is 13.5. The molecule has 1 fully saturated rings. The Morgan fingerprint density at radius 3 is 2.37 bits per heavy atom. The second-order valence-electron chi connectivity index (χ2n) is 9.32. The van der Waals surface area contributed by atoms with E-state index in [9.17, 15) is 18.3 Å². The van der Waals surface area contributed by atoms with Crippen LogP contribution in [0.4, 0.5) is 5.69 Å². The molecular weight excluding hydrogens is 460 g/mol. The van der Waals surface area contributed by atoms with E-state index in [1.54, 1.807) is 23.1 Å². The third-order valence-corrected chi connectivity index (χ3v) is 8.96. The van der Waals surface area contributed by atoms with Crippen LogP contribution < -0.4 is 4.31 Å². The highest BCUT2D eigenvalue weighted by Crippen LogP contribution is 2.33. The number of hydrogen-bond acceptors (Lipinski definition) is 4. The Morgan fingerprint density at radius 1 is 0.886 bits per heavy atom. The monoisotopic (exact) mass is 490 g/mol. The van der Waals surface area contributed by atoms with Crippen LogP contribution in [0.2, 0.25) is 0 Å². The van der Waals surface area contributed by atoms with Crippen molar-refractivity contribution in [2.75, 3.05) is 23.9 Å². The minimum atomic E-state index is -3.78. The van der Waals surface area contributed by atoms with Gasteiger partial charge >= 0.3 is 0 Å². The van der Waals surface area contributed by atoms with E-state index in [0.29, 0.717) is 38.0 Å². The molecule has 3 aromatic carbocycles. The molecule has 2 aliphatic rings. The number of carbonyl (C=O) groups is 1. The van der Waals surface area contributed by atoms with Gasteiger partial charge in [-0.25, -0.2) is 8.42 Å². The smallest absolute Gasteiger partial charge is 0.264 e. The molecular formula is C28H30N2O4S. The Hall–Kier alpha value is -3.16. The van der Waals surface area contributed by atoms with Crippen molar-refractivity contribution < 1.29 is 18.3 Å². The highest BCUT2D eigenvalue weighted by molar-refractivity contribution is 7.92. The largest absolute Gasteiger partial charge is 0.388 e. The third kappa shape index (κ3) is 4.70. The van der Waals surface area contributed by atoms with Gasteiger partial charge in [-0.05, 0) is 67.0 Å². The van der Waals surface area contributed by atoms with Crippen molar-refractivity contribution in [2.24, 2.45) is 5.92 Å². The first-order valence-corrected chi connectivity index (χ1v) is 13.6. The number of para-hydroxylation sites is 1. The summed E-state index contributed by atoms with van der Waals surface area (Å²) in [6.45, 7) is 1.49. The molecule has 7 heteroatoms. The zero-order chi connectivity index (χ0) is 24.4. The number of rotatable bonds is 5. The zero-order valence-electron chi connectivity index (χ0n) is 19.6. The number of aryl methyl sites for hydroxylation is 1. The molecule has 0 aromatic heterocycles. The Bertz CT molecular complexity index is 1300. The van der Waals surface area contributed by atoms with Crippen LogP contribution >= 0.6 is 0 Å². The summed E-state index contributed by atoms with van der Waals surface area (Å²) in [6.07, 6.45) is 2.47.